The fraction of sp³-hybridized carbons (Fsp3) is 0.409. The van der Waals surface area contributed by atoms with Gasteiger partial charge in [0.2, 0.25) is 0 Å². The van der Waals surface area contributed by atoms with E-state index in [4.69, 9.17) is 4.74 Å². The molecule has 1 unspecified atom stereocenters. The molecule has 0 spiro atoms. The Bertz CT molecular complexity index is 775. The summed E-state index contributed by atoms with van der Waals surface area (Å²) in [6, 6.07) is 13.9. The highest BCUT2D eigenvalue weighted by Crippen LogP contribution is 2.19. The lowest BCUT2D eigenvalue weighted by molar-refractivity contribution is -0.0498. The number of ether oxygens (including phenoxy) is 2. The van der Waals surface area contributed by atoms with Crippen LogP contribution in [0.3, 0.4) is 0 Å². The van der Waals surface area contributed by atoms with Gasteiger partial charge in [-0.3, -0.25) is 4.99 Å². The van der Waals surface area contributed by atoms with Crippen LogP contribution in [0.15, 0.2) is 53.5 Å². The molecule has 2 rings (SSSR count). The third-order valence-corrected chi connectivity index (χ3v) is 4.35. The zero-order valence-corrected chi connectivity index (χ0v) is 20.0. The van der Waals surface area contributed by atoms with Gasteiger partial charge in [0.15, 0.2) is 5.96 Å². The number of aliphatic hydroxyl groups excluding tert-OH is 1. The van der Waals surface area contributed by atoms with Crippen LogP contribution in [-0.2, 0) is 6.42 Å². The van der Waals surface area contributed by atoms with Crippen molar-refractivity contribution in [2.45, 2.75) is 32.5 Å². The zero-order valence-electron chi connectivity index (χ0n) is 17.7. The lowest BCUT2D eigenvalue weighted by atomic mass is 10.1. The molecule has 2 aromatic carbocycles. The number of nitrogens with one attached hydrogen (secondary N) is 2. The molecule has 2 aromatic rings. The number of hydrogen-bond acceptors (Lipinski definition) is 4. The molecule has 0 aliphatic rings. The first kappa shape index (κ1) is 26.9. The van der Waals surface area contributed by atoms with E-state index in [1.807, 2.05) is 31.2 Å². The molecule has 0 radical (unpaired) electrons. The molecule has 0 fully saturated rings. The number of aryl methyl sites for hydroxylation is 1. The predicted octanol–water partition coefficient (Wildman–Crippen LogP) is 4.14. The third kappa shape index (κ3) is 10.1. The molecule has 0 aromatic heterocycles. The van der Waals surface area contributed by atoms with Gasteiger partial charge in [-0.25, -0.2) is 0 Å². The van der Waals surface area contributed by atoms with Crippen LogP contribution in [0.25, 0.3) is 0 Å². The third-order valence-electron chi connectivity index (χ3n) is 4.35. The normalized spacial score (nSPS) is 12.1. The number of rotatable bonds is 11. The Hall–Kier alpha value is -2.14. The Balaban J connectivity index is 0.00000480. The first-order chi connectivity index (χ1) is 14.5. The number of guanidine groups is 1. The zero-order chi connectivity index (χ0) is 21.8. The average Bonchev–Trinajstić information content (AvgIpc) is 2.75. The van der Waals surface area contributed by atoms with Gasteiger partial charge in [-0.15, -0.1) is 24.0 Å². The van der Waals surface area contributed by atoms with Crippen LogP contribution in [0.5, 0.6) is 11.5 Å². The van der Waals surface area contributed by atoms with E-state index in [1.165, 1.54) is 17.7 Å². The van der Waals surface area contributed by atoms with Crippen LogP contribution >= 0.6 is 24.0 Å². The Morgan fingerprint density at radius 2 is 1.68 bits per heavy atom. The Labute approximate surface area is 199 Å². The second-order valence-corrected chi connectivity index (χ2v) is 6.56. The van der Waals surface area contributed by atoms with E-state index in [2.05, 4.69) is 20.4 Å². The van der Waals surface area contributed by atoms with Gasteiger partial charge in [0.25, 0.3) is 0 Å². The van der Waals surface area contributed by atoms with E-state index in [9.17, 15) is 13.9 Å². The highest BCUT2D eigenvalue weighted by atomic mass is 127. The monoisotopic (exact) mass is 549 g/mol. The van der Waals surface area contributed by atoms with Crippen LogP contribution in [0.2, 0.25) is 0 Å². The SMILES string of the molecule is CCNC(=NCC(O)c1ccc(OC(F)F)cc1)NCCCc1ccc(OC)cc1.I. The van der Waals surface area contributed by atoms with Crippen LogP contribution in [0, 0.1) is 0 Å². The number of halogens is 3. The number of benzene rings is 2. The van der Waals surface area contributed by atoms with Crippen molar-refractivity contribution < 1.29 is 23.4 Å². The minimum absolute atomic E-state index is 0. The first-order valence-corrected chi connectivity index (χ1v) is 9.89. The number of aliphatic hydroxyl groups is 1. The summed E-state index contributed by atoms with van der Waals surface area (Å²) in [5, 5.41) is 16.7. The van der Waals surface area contributed by atoms with Gasteiger partial charge in [0, 0.05) is 13.1 Å². The summed E-state index contributed by atoms with van der Waals surface area (Å²) >= 11 is 0. The molecular weight excluding hydrogens is 519 g/mol. The summed E-state index contributed by atoms with van der Waals surface area (Å²) < 4.78 is 33.9. The molecule has 3 N–H and O–H groups in total. The maximum absolute atomic E-state index is 12.2. The van der Waals surface area contributed by atoms with Crippen molar-refractivity contribution in [1.82, 2.24) is 10.6 Å². The van der Waals surface area contributed by atoms with Gasteiger partial charge in [-0.1, -0.05) is 24.3 Å². The second kappa shape index (κ2) is 14.8. The molecule has 0 aliphatic heterocycles. The topological polar surface area (TPSA) is 75.1 Å². The van der Waals surface area contributed by atoms with Gasteiger partial charge in [0.05, 0.1) is 19.8 Å². The van der Waals surface area contributed by atoms with E-state index in [0.717, 1.165) is 25.1 Å². The Morgan fingerprint density at radius 1 is 1.03 bits per heavy atom. The summed E-state index contributed by atoms with van der Waals surface area (Å²) in [6.07, 6.45) is 0.997. The summed E-state index contributed by atoms with van der Waals surface area (Å²) in [5.74, 6) is 1.51. The first-order valence-electron chi connectivity index (χ1n) is 9.89. The number of hydrogen-bond donors (Lipinski definition) is 3. The van der Waals surface area contributed by atoms with Crippen molar-refractivity contribution in [2.24, 2.45) is 4.99 Å². The fourth-order valence-corrected chi connectivity index (χ4v) is 2.79. The van der Waals surface area contributed by atoms with E-state index >= 15 is 0 Å². The van der Waals surface area contributed by atoms with Crippen molar-refractivity contribution in [2.75, 3.05) is 26.7 Å². The minimum atomic E-state index is -2.87. The van der Waals surface area contributed by atoms with E-state index in [0.29, 0.717) is 18.1 Å². The maximum Gasteiger partial charge on any atom is 0.387 e. The van der Waals surface area contributed by atoms with Crippen molar-refractivity contribution in [1.29, 1.82) is 0 Å². The van der Waals surface area contributed by atoms with Gasteiger partial charge >= 0.3 is 6.61 Å². The van der Waals surface area contributed by atoms with Gasteiger partial charge < -0.3 is 25.2 Å². The van der Waals surface area contributed by atoms with Crippen molar-refractivity contribution in [3.05, 3.63) is 59.7 Å². The predicted molar refractivity (Wildman–Crippen MR) is 129 cm³/mol. The highest BCUT2D eigenvalue weighted by Gasteiger charge is 2.09. The molecule has 31 heavy (non-hydrogen) atoms. The molecule has 0 amide bonds. The molecule has 0 aliphatic carbocycles. The van der Waals surface area contributed by atoms with Crippen LogP contribution in [-0.4, -0.2) is 44.4 Å². The second-order valence-electron chi connectivity index (χ2n) is 6.56. The van der Waals surface area contributed by atoms with Gasteiger partial charge in [-0.05, 0) is 55.2 Å². The summed E-state index contributed by atoms with van der Waals surface area (Å²) in [6.45, 7) is 0.660. The maximum atomic E-state index is 12.2. The van der Waals surface area contributed by atoms with Crippen LogP contribution in [0.4, 0.5) is 8.78 Å². The van der Waals surface area contributed by atoms with Crippen LogP contribution < -0.4 is 20.1 Å². The fourth-order valence-electron chi connectivity index (χ4n) is 2.79. The highest BCUT2D eigenvalue weighted by molar-refractivity contribution is 14.0. The number of methoxy groups -OCH3 is 1. The molecular formula is C22H30F2IN3O3. The van der Waals surface area contributed by atoms with Crippen LogP contribution in [0.1, 0.15) is 30.6 Å². The molecule has 0 bridgehead atoms. The molecule has 0 saturated carbocycles. The van der Waals surface area contributed by atoms with E-state index in [1.54, 1.807) is 19.2 Å². The lowest BCUT2D eigenvalue weighted by Gasteiger charge is -2.14. The smallest absolute Gasteiger partial charge is 0.387 e. The van der Waals surface area contributed by atoms with E-state index in [-0.39, 0.29) is 36.3 Å². The van der Waals surface area contributed by atoms with E-state index < -0.39 is 12.7 Å². The molecule has 9 heteroatoms. The summed E-state index contributed by atoms with van der Waals surface area (Å²) in [4.78, 5) is 4.40. The van der Waals surface area contributed by atoms with Crippen molar-refractivity contribution in [3.8, 4) is 11.5 Å². The number of alkyl halides is 2. The summed E-state index contributed by atoms with van der Waals surface area (Å²) in [5.41, 5.74) is 1.81. The molecule has 0 saturated heterocycles. The summed E-state index contributed by atoms with van der Waals surface area (Å²) in [7, 11) is 1.65. The Kier molecular flexibility index (Phi) is 12.8. The van der Waals surface area contributed by atoms with Crippen molar-refractivity contribution in [3.63, 3.8) is 0 Å². The lowest BCUT2D eigenvalue weighted by Crippen LogP contribution is -2.38. The van der Waals surface area contributed by atoms with Crippen molar-refractivity contribution >= 4 is 29.9 Å². The van der Waals surface area contributed by atoms with Gasteiger partial charge in [-0.2, -0.15) is 8.78 Å². The number of aliphatic imine (C=N–C) groups is 1. The molecule has 172 valence electrons. The average molecular weight is 549 g/mol. The largest absolute Gasteiger partial charge is 0.497 e. The molecule has 1 atom stereocenters. The number of nitrogens with zero attached hydrogens (tertiary/aromatic N) is 1. The quantitative estimate of drug-likeness (QED) is 0.170. The van der Waals surface area contributed by atoms with Gasteiger partial charge in [0.1, 0.15) is 11.5 Å². The molecule has 0 heterocycles. The standard InChI is InChI=1S/C22H29F2N3O3.HI/c1-3-25-22(26-14-4-5-16-6-10-18(29-2)11-7-16)27-15-20(28)17-8-12-19(13-9-17)30-21(23)24;/h6-13,20-21,28H,3-5,14-15H2,1-2H3,(H2,25,26,27);1H. The Morgan fingerprint density at radius 3 is 2.26 bits per heavy atom. The minimum Gasteiger partial charge on any atom is -0.497 e. The molecule has 6 nitrogen and oxygen atoms in total.